The quantitative estimate of drug-likeness (QED) is 0.00342. The average molecular weight is 1980 g/mol. The number of terminal acetylenes is 1. The van der Waals surface area contributed by atoms with Gasteiger partial charge in [-0.25, -0.2) is 10.1 Å². The van der Waals surface area contributed by atoms with Crippen molar-refractivity contribution in [1.82, 2.24) is 0 Å². The molecule has 2 aliphatic rings. The summed E-state index contributed by atoms with van der Waals surface area (Å²) in [7, 11) is 0. The van der Waals surface area contributed by atoms with Gasteiger partial charge in [-0.2, -0.15) is 0 Å². The Morgan fingerprint density at radius 3 is 0.978 bits per heavy atom. The molecule has 2 fully saturated rings. The fourth-order valence-electron chi connectivity index (χ4n) is 10.1. The van der Waals surface area contributed by atoms with Crippen molar-refractivity contribution in [2.24, 2.45) is 0 Å². The van der Waals surface area contributed by atoms with Gasteiger partial charge in [-0.15, -0.1) is 15.1 Å². The zero-order chi connectivity index (χ0) is 96.0. The van der Waals surface area contributed by atoms with Crippen molar-refractivity contribution < 1.29 is 278 Å². The number of ether oxygens (including phenoxy) is 5. The number of rotatable bonds is 55. The summed E-state index contributed by atoms with van der Waals surface area (Å²) in [6.07, 6.45) is 24.4. The topological polar surface area (TPSA) is 391 Å². The monoisotopic (exact) mass is 1980 g/mol. The third kappa shape index (κ3) is 81.3. The van der Waals surface area contributed by atoms with Crippen LogP contribution in [0.15, 0.2) is 11.6 Å². The molecule has 0 aromatic heterocycles. The van der Waals surface area contributed by atoms with Crippen LogP contribution in [0.25, 0.3) is 0 Å². The number of carbonyl (C=O) groups is 2. The normalized spacial score (nSPS) is 15.6. The summed E-state index contributed by atoms with van der Waals surface area (Å²) in [4.78, 5) is 27.0. The third-order valence-corrected chi connectivity index (χ3v) is 16.5. The standard InChI is InChI=1S/C49H90O16S.C49H4.2Na.H2O16S.42H2.H/c1-4-6-8-10-12-14-16-18-19-20-22-23-25-27-29-31-33-37(3)47(56)61-44-42(54)39(36-51)59-49(62-48-45(63-66-65-64-57)43(55)41(53)38(35-50)58-48)46(44)60-40(52)34-32-30-28-26-24-21-17-15-13-11-9-7-5-2;1-3-5-7-9-11-13-15-17-19-21-23-25-27-29-31-33-35-37-39-41-43-45-47-49-48-46-44-42-40-38-36-34-32-30-28-26-24-22-20-18-16-14-12-10-8-6-4-2;;;1-2-3-4-5-6-7-8-9-10-11-12-13-14-15-16-17;;;;;;;;;;;;;;;;;;;;;;;;;;;;;;;;;;;;;;;;;;;/h33,38-39,41-46,48-51,53-55,57H,4-32,34-36H2,1-3H3;1H,2H3;;;1,17H;42*1H;/q;;2*+1;;;;;;;;;;;;;;;;;;;;;;;;;;;;;;;;;;;;;;;;;;;;-1/p-1/b37-33+;;;;;;;;;;;;;;;;;;;;;;;;;;;;;;;;;;;;;;;;;;;;;;;. The molecule has 0 aliphatic carbocycles. The van der Waals surface area contributed by atoms with Crippen molar-refractivity contribution in [3.8, 4) is 285 Å². The minimum absolute atomic E-state index is 0. The van der Waals surface area contributed by atoms with Crippen LogP contribution in [0.1, 0.15) is 282 Å². The maximum absolute atomic E-state index is 13.6. The summed E-state index contributed by atoms with van der Waals surface area (Å²) in [6.45, 7) is 6.23. The molecule has 0 amide bonds. The second-order valence-electron chi connectivity index (χ2n) is 25.3. The van der Waals surface area contributed by atoms with Crippen molar-refractivity contribution >= 4 is 37.2 Å². The summed E-state index contributed by atoms with van der Waals surface area (Å²) >= 11 is 3.05. The third-order valence-electron chi connectivity index (χ3n) is 16.0. The first-order chi connectivity index (χ1) is 65.0. The van der Waals surface area contributed by atoms with Crippen LogP contribution in [0.4, 0.5) is 0 Å². The van der Waals surface area contributed by atoms with Crippen LogP contribution in [-0.2, 0) is 122 Å². The largest absolute Gasteiger partial charge is 1.00 e. The Balaban J connectivity index is -0.0000000321. The van der Waals surface area contributed by atoms with E-state index in [1.807, 2.05) is 0 Å². The molecule has 0 saturated carbocycles. The van der Waals surface area contributed by atoms with Gasteiger partial charge in [0.2, 0.25) is 6.29 Å². The van der Waals surface area contributed by atoms with E-state index in [1.165, 1.54) is 128 Å². The summed E-state index contributed by atoms with van der Waals surface area (Å²) in [5, 5.41) is 122. The van der Waals surface area contributed by atoms with E-state index in [2.05, 4.69) is 389 Å². The van der Waals surface area contributed by atoms with E-state index < -0.39 is 86.6 Å². The second-order valence-corrected chi connectivity index (χ2v) is 25.9. The van der Waals surface area contributed by atoms with Gasteiger partial charge >= 0.3 is 71.1 Å². The predicted molar refractivity (Wildman–Crippen MR) is 560 cm³/mol. The first-order valence-corrected chi connectivity index (χ1v) is 41.7. The van der Waals surface area contributed by atoms with Crippen LogP contribution in [0.3, 0.4) is 0 Å². The maximum atomic E-state index is 13.6. The zero-order valence-corrected chi connectivity index (χ0v) is 80.4. The summed E-state index contributed by atoms with van der Waals surface area (Å²) in [5.74, 6) is 115. The molecule has 10 atom stereocenters. The molecule has 10 unspecified atom stereocenters. The molecule has 2 saturated heterocycles. The molecular formula is C98H180Na2O32S2. The van der Waals surface area contributed by atoms with Crippen LogP contribution < -0.4 is 64.4 Å². The number of hydrogen-bond donors (Lipinski definition) is 7. The molecule has 6 N–H and O–H groups in total. The fourth-order valence-corrected chi connectivity index (χ4v) is 10.5. The first-order valence-electron chi connectivity index (χ1n) is 40.7. The van der Waals surface area contributed by atoms with Gasteiger partial charge in [-0.3, -0.25) is 14.0 Å². The summed E-state index contributed by atoms with van der Waals surface area (Å²) in [6, 6.07) is 0. The second kappa shape index (κ2) is 103. The van der Waals surface area contributed by atoms with E-state index in [0.717, 1.165) is 44.9 Å². The van der Waals surface area contributed by atoms with E-state index in [4.69, 9.17) is 39.5 Å². The zero-order valence-electron chi connectivity index (χ0n) is 75.7. The average Bonchev–Trinajstić information content (AvgIpc) is 0.774. The van der Waals surface area contributed by atoms with Crippen LogP contribution in [-0.4, -0.2) is 117 Å². The number of esters is 2. The number of unbranched alkanes of at least 4 members (excludes halogenated alkanes) is 27. The van der Waals surface area contributed by atoms with Crippen LogP contribution in [0.2, 0.25) is 0 Å². The molecule has 0 bridgehead atoms. The Labute approximate surface area is 902 Å². The molecule has 2 heterocycles. The van der Waals surface area contributed by atoms with E-state index in [1.54, 1.807) is 19.9 Å². The minimum Gasteiger partial charge on any atom is -1.00 e. The van der Waals surface area contributed by atoms with Crippen molar-refractivity contribution in [3.63, 3.8) is 0 Å². The molecule has 32 nitrogen and oxygen atoms in total. The van der Waals surface area contributed by atoms with Gasteiger partial charge in [0.15, 0.2) is 36.9 Å². The first kappa shape index (κ1) is 128. The van der Waals surface area contributed by atoms with Gasteiger partial charge in [-0.05, 0) is 198 Å². The van der Waals surface area contributed by atoms with Crippen molar-refractivity contribution in [1.29, 1.82) is 0 Å². The Kier molecular flexibility index (Phi) is 98.5. The molecule has 0 spiro atoms. The predicted octanol–water partition coefficient (Wildman–Crippen LogP) is 12.7. The van der Waals surface area contributed by atoms with Crippen molar-refractivity contribution in [2.75, 3.05) is 13.2 Å². The van der Waals surface area contributed by atoms with E-state index in [0.29, 0.717) is 12.8 Å². The van der Waals surface area contributed by atoms with E-state index >= 15 is 0 Å². The number of hydrogen-bond acceptors (Lipinski definition) is 34. The Morgan fingerprint density at radius 1 is 0.396 bits per heavy atom. The van der Waals surface area contributed by atoms with Gasteiger partial charge < -0.3 is 55.9 Å². The van der Waals surface area contributed by atoms with E-state index in [-0.39, 0.29) is 145 Å². The molecule has 778 valence electrons. The van der Waals surface area contributed by atoms with Crippen LogP contribution in [0.5, 0.6) is 0 Å². The number of thiol groups is 1. The molecule has 0 aromatic rings. The smallest absolute Gasteiger partial charge is 1.00 e. The Morgan fingerprint density at radius 2 is 0.679 bits per heavy atom. The molecule has 134 heavy (non-hydrogen) atoms. The fraction of sp³-hybridized carbons (Fsp3) is 0.469. The molecule has 0 aromatic carbocycles. The van der Waals surface area contributed by atoms with Gasteiger partial charge in [0.25, 0.3) is 0 Å². The van der Waals surface area contributed by atoms with Crippen LogP contribution >= 0.6 is 25.2 Å². The van der Waals surface area contributed by atoms with Gasteiger partial charge in [0.1, 0.15) is 30.5 Å². The Bertz CT molecular complexity index is 5220. The number of carbonyl (C=O) groups excluding carboxylic acids is 2. The SMILES string of the molecule is C#CC#CC#CC#CC#CC#CC#CC#CC#CC#CC#CC#CC#CC#CC#CC#CC#CC#CC#CC#CC#CC#CC#CC#CC.CCCCCCCCCCCCCCCCC/C=C(\C)C(=O)OC1C(O)C(CO)OC(OC2OC(CO)C(O)C(O)C2OSOO[O-])C1OC(=O)CCCCCCCCCCCCCCC.OOOOOOOOOOOOOOOOS.[H-].[HH].[HH].[HH].[HH].[HH].[HH].[HH].[HH].[HH].[HH].[HH].[HH].[HH].[HH].[HH].[HH].[HH].[HH].[HH].[HH].[HH].[HH].[HH].[HH].[HH].[HH].[HH].[HH].[HH].[HH].[HH].[HH].[HH].[HH].[HH].[HH].[HH].[HH].[HH].[HH].[HH].[HH].[Na+].[Na+]. The number of aliphatic hydroxyl groups excluding tert-OH is 5. The molecule has 0 radical (unpaired) electrons. The van der Waals surface area contributed by atoms with Crippen molar-refractivity contribution in [2.45, 2.75) is 282 Å². The Hall–Kier alpha value is -10.3. The molecule has 2 rings (SSSR count). The van der Waals surface area contributed by atoms with Gasteiger partial charge in [0, 0.05) is 262 Å². The molecule has 2 aliphatic heterocycles. The minimum atomic E-state index is -1.78. The number of aliphatic hydroxyl groups is 5. The van der Waals surface area contributed by atoms with Crippen LogP contribution in [0, 0.1) is 285 Å². The summed E-state index contributed by atoms with van der Waals surface area (Å²) in [5.41, 5.74) is 0.277. The maximum Gasteiger partial charge on any atom is 1.00 e. The van der Waals surface area contributed by atoms with E-state index in [9.17, 15) is 40.4 Å². The molecule has 36 heteroatoms. The van der Waals surface area contributed by atoms with Crippen molar-refractivity contribution in [3.05, 3.63) is 11.6 Å². The summed E-state index contributed by atoms with van der Waals surface area (Å²) < 4.78 is 42.3. The van der Waals surface area contributed by atoms with Gasteiger partial charge in [0.05, 0.1) is 13.2 Å². The number of allylic oxidation sites excluding steroid dienone is 1. The molecular weight excluding hydrogens is 1800 g/mol. The van der Waals surface area contributed by atoms with Gasteiger partial charge in [-0.1, -0.05) is 193 Å².